The summed E-state index contributed by atoms with van der Waals surface area (Å²) in [5, 5.41) is 0. The molecule has 0 aromatic heterocycles. The van der Waals surface area contributed by atoms with Gasteiger partial charge in [0.25, 0.3) is 0 Å². The molecule has 1 aliphatic rings. The van der Waals surface area contributed by atoms with E-state index in [1.54, 1.807) is 6.92 Å². The standard InChI is InChI=1S/C9H17F2O5P/c1-3-7-5-6-15-9(11,8(7,10)4-2)16-17(12,13)14/h7H,3-6H2,1-2H3,(H2,12,13,14). The first-order valence-corrected chi connectivity index (χ1v) is 6.99. The highest BCUT2D eigenvalue weighted by atomic mass is 31.2. The fraction of sp³-hybridized carbons (Fsp3) is 1.00. The summed E-state index contributed by atoms with van der Waals surface area (Å²) in [5.74, 6) is -0.696. The van der Waals surface area contributed by atoms with Gasteiger partial charge in [-0.2, -0.15) is 4.39 Å². The average Bonchev–Trinajstić information content (AvgIpc) is 2.19. The van der Waals surface area contributed by atoms with Gasteiger partial charge in [0.15, 0.2) is 5.67 Å². The Bertz CT molecular complexity index is 323. The van der Waals surface area contributed by atoms with E-state index in [0.29, 0.717) is 6.42 Å². The number of hydrogen-bond donors (Lipinski definition) is 2. The van der Waals surface area contributed by atoms with Crippen molar-refractivity contribution < 1.29 is 32.4 Å². The maximum absolute atomic E-state index is 14.6. The van der Waals surface area contributed by atoms with Crippen molar-refractivity contribution in [2.24, 2.45) is 5.92 Å². The number of phosphoric acid groups is 1. The Balaban J connectivity index is 3.06. The van der Waals surface area contributed by atoms with Crippen LogP contribution in [-0.2, 0) is 13.8 Å². The Morgan fingerprint density at radius 1 is 1.47 bits per heavy atom. The minimum Gasteiger partial charge on any atom is -0.321 e. The molecule has 1 fully saturated rings. The van der Waals surface area contributed by atoms with Gasteiger partial charge in [0.1, 0.15) is 0 Å². The lowest BCUT2D eigenvalue weighted by atomic mass is 9.79. The van der Waals surface area contributed by atoms with Gasteiger partial charge in [-0.3, -0.25) is 0 Å². The van der Waals surface area contributed by atoms with Crippen molar-refractivity contribution in [2.75, 3.05) is 6.61 Å². The van der Waals surface area contributed by atoms with E-state index >= 15 is 0 Å². The van der Waals surface area contributed by atoms with Crippen molar-refractivity contribution in [1.82, 2.24) is 0 Å². The van der Waals surface area contributed by atoms with Gasteiger partial charge in [0.05, 0.1) is 6.61 Å². The zero-order valence-corrected chi connectivity index (χ0v) is 10.6. The van der Waals surface area contributed by atoms with E-state index in [1.807, 2.05) is 0 Å². The molecule has 3 unspecified atom stereocenters. The van der Waals surface area contributed by atoms with Gasteiger partial charge in [-0.05, 0) is 19.3 Å². The first-order valence-electron chi connectivity index (χ1n) is 5.46. The first kappa shape index (κ1) is 15.0. The zero-order valence-electron chi connectivity index (χ0n) is 9.73. The molecule has 1 aliphatic heterocycles. The van der Waals surface area contributed by atoms with Crippen LogP contribution in [0.4, 0.5) is 8.78 Å². The number of alkyl halides is 2. The predicted octanol–water partition coefficient (Wildman–Crippen LogP) is 2.28. The SMILES string of the molecule is CCC1CCOC(F)(OP(=O)(O)O)C1(F)CC. The molecule has 1 rings (SSSR count). The molecule has 0 amide bonds. The molecule has 0 aromatic carbocycles. The van der Waals surface area contributed by atoms with Gasteiger partial charge < -0.3 is 14.5 Å². The average molecular weight is 274 g/mol. The molecule has 3 atom stereocenters. The molecule has 102 valence electrons. The Morgan fingerprint density at radius 3 is 2.47 bits per heavy atom. The number of hydrogen-bond acceptors (Lipinski definition) is 3. The van der Waals surface area contributed by atoms with Crippen molar-refractivity contribution in [3.63, 3.8) is 0 Å². The van der Waals surface area contributed by atoms with Gasteiger partial charge >= 0.3 is 13.9 Å². The van der Waals surface area contributed by atoms with E-state index in [4.69, 9.17) is 9.79 Å². The maximum atomic E-state index is 14.6. The molecule has 0 spiro atoms. The zero-order chi connectivity index (χ0) is 13.3. The molecule has 0 aromatic rings. The van der Waals surface area contributed by atoms with Crippen molar-refractivity contribution in [3.05, 3.63) is 0 Å². The summed E-state index contributed by atoms with van der Waals surface area (Å²) in [6.07, 6.45) is 0.336. The molecule has 0 saturated carbocycles. The number of ether oxygens (including phenoxy) is 1. The summed E-state index contributed by atoms with van der Waals surface area (Å²) < 4.78 is 47.9. The van der Waals surface area contributed by atoms with E-state index in [1.165, 1.54) is 6.92 Å². The smallest absolute Gasteiger partial charge is 0.321 e. The molecule has 1 heterocycles. The van der Waals surface area contributed by atoms with E-state index in [0.717, 1.165) is 0 Å². The number of rotatable bonds is 4. The lowest BCUT2D eigenvalue weighted by Crippen LogP contribution is -2.58. The number of halogens is 2. The third kappa shape index (κ3) is 2.85. The molecule has 0 aliphatic carbocycles. The summed E-state index contributed by atoms with van der Waals surface area (Å²) in [6.45, 7) is 2.92. The topological polar surface area (TPSA) is 76.0 Å². The van der Waals surface area contributed by atoms with Gasteiger partial charge in [-0.25, -0.2) is 13.5 Å². The maximum Gasteiger partial charge on any atom is 0.474 e. The summed E-state index contributed by atoms with van der Waals surface area (Å²) in [4.78, 5) is 17.2. The lowest BCUT2D eigenvalue weighted by molar-refractivity contribution is -0.373. The molecular formula is C9H17F2O5P. The molecule has 0 radical (unpaired) electrons. The molecule has 2 N–H and O–H groups in total. The second kappa shape index (κ2) is 4.90. The summed E-state index contributed by atoms with van der Waals surface area (Å²) in [7, 11) is -5.17. The highest BCUT2D eigenvalue weighted by Crippen LogP contribution is 2.54. The van der Waals surface area contributed by atoms with Crippen LogP contribution in [0.3, 0.4) is 0 Å². The van der Waals surface area contributed by atoms with Crippen LogP contribution >= 0.6 is 7.82 Å². The Morgan fingerprint density at radius 2 is 2.06 bits per heavy atom. The van der Waals surface area contributed by atoms with E-state index in [9.17, 15) is 13.3 Å². The van der Waals surface area contributed by atoms with Gasteiger partial charge in [0.2, 0.25) is 0 Å². The highest BCUT2D eigenvalue weighted by molar-refractivity contribution is 7.46. The molecule has 0 bridgehead atoms. The quantitative estimate of drug-likeness (QED) is 0.769. The summed E-state index contributed by atoms with van der Waals surface area (Å²) in [6, 6.07) is -3.39. The minimum atomic E-state index is -5.17. The minimum absolute atomic E-state index is 0.138. The lowest BCUT2D eigenvalue weighted by Gasteiger charge is -2.45. The predicted molar refractivity (Wildman–Crippen MR) is 55.4 cm³/mol. The van der Waals surface area contributed by atoms with Crippen molar-refractivity contribution in [2.45, 2.75) is 44.8 Å². The molecule has 5 nitrogen and oxygen atoms in total. The molecule has 17 heavy (non-hydrogen) atoms. The molecule has 1 saturated heterocycles. The van der Waals surface area contributed by atoms with Crippen molar-refractivity contribution in [1.29, 1.82) is 0 Å². The number of phosphoric ester groups is 1. The first-order chi connectivity index (χ1) is 7.68. The van der Waals surface area contributed by atoms with Gasteiger partial charge in [-0.1, -0.05) is 13.8 Å². The van der Waals surface area contributed by atoms with Crippen LogP contribution < -0.4 is 0 Å². The Kier molecular flexibility index (Phi) is 4.32. The fourth-order valence-electron chi connectivity index (χ4n) is 2.21. The van der Waals surface area contributed by atoms with E-state index in [2.05, 4.69) is 9.26 Å². The fourth-order valence-corrected chi connectivity index (χ4v) is 2.72. The van der Waals surface area contributed by atoms with Crippen LogP contribution in [-0.4, -0.2) is 28.1 Å². The summed E-state index contributed by atoms with van der Waals surface area (Å²) in [5.41, 5.74) is -2.55. The Labute approximate surface area is 98.3 Å². The van der Waals surface area contributed by atoms with Crippen molar-refractivity contribution >= 4 is 7.82 Å². The van der Waals surface area contributed by atoms with Crippen LogP contribution in [0.25, 0.3) is 0 Å². The van der Waals surface area contributed by atoms with Gasteiger partial charge in [0, 0.05) is 5.92 Å². The van der Waals surface area contributed by atoms with Crippen LogP contribution in [0.2, 0.25) is 0 Å². The largest absolute Gasteiger partial charge is 0.474 e. The third-order valence-electron chi connectivity index (χ3n) is 3.14. The third-order valence-corrected chi connectivity index (χ3v) is 3.61. The van der Waals surface area contributed by atoms with E-state index in [-0.39, 0.29) is 19.4 Å². The van der Waals surface area contributed by atoms with E-state index < -0.39 is 25.5 Å². The normalized spacial score (nSPS) is 39.3. The van der Waals surface area contributed by atoms with Crippen LogP contribution in [0.15, 0.2) is 0 Å². The highest BCUT2D eigenvalue weighted by Gasteiger charge is 2.63. The van der Waals surface area contributed by atoms with Crippen LogP contribution in [0.5, 0.6) is 0 Å². The van der Waals surface area contributed by atoms with Crippen LogP contribution in [0, 0.1) is 5.92 Å². The van der Waals surface area contributed by atoms with Crippen molar-refractivity contribution in [3.8, 4) is 0 Å². The molecular weight excluding hydrogens is 257 g/mol. The monoisotopic (exact) mass is 274 g/mol. The summed E-state index contributed by atoms with van der Waals surface area (Å²) >= 11 is 0. The van der Waals surface area contributed by atoms with Gasteiger partial charge in [-0.15, -0.1) is 0 Å². The van der Waals surface area contributed by atoms with Crippen LogP contribution in [0.1, 0.15) is 33.1 Å². The molecule has 8 heteroatoms. The second-order valence-electron chi connectivity index (χ2n) is 4.08. The second-order valence-corrected chi connectivity index (χ2v) is 5.24. The Hall–Kier alpha value is -0.0700.